The van der Waals surface area contributed by atoms with Gasteiger partial charge >= 0.3 is 0 Å². The monoisotopic (exact) mass is 438 g/mol. The second-order valence-corrected chi connectivity index (χ2v) is 8.65. The van der Waals surface area contributed by atoms with E-state index in [9.17, 15) is 17.6 Å². The molecule has 0 radical (unpaired) electrons. The third-order valence-corrected chi connectivity index (χ3v) is 5.80. The van der Waals surface area contributed by atoms with Gasteiger partial charge in [0.05, 0.1) is 26.2 Å². The topological polar surface area (TPSA) is 84.9 Å². The SMILES string of the molecule is COc1ccc(CCCNC(=O)[C@@H](C)N(c2ccc(F)cc2)S(C)(=O)=O)cc1OC. The van der Waals surface area contributed by atoms with Crippen LogP contribution in [0.15, 0.2) is 42.5 Å². The zero-order valence-corrected chi connectivity index (χ0v) is 18.3. The number of hydrogen-bond acceptors (Lipinski definition) is 5. The number of carbonyl (C=O) groups is 1. The lowest BCUT2D eigenvalue weighted by Gasteiger charge is -2.28. The van der Waals surface area contributed by atoms with Gasteiger partial charge in [0.1, 0.15) is 11.9 Å². The first-order valence-corrected chi connectivity index (χ1v) is 11.3. The van der Waals surface area contributed by atoms with Crippen LogP contribution in [-0.2, 0) is 21.2 Å². The van der Waals surface area contributed by atoms with Crippen molar-refractivity contribution in [2.24, 2.45) is 0 Å². The Morgan fingerprint density at radius 1 is 1.10 bits per heavy atom. The second-order valence-electron chi connectivity index (χ2n) is 6.80. The molecule has 9 heteroatoms. The molecule has 0 spiro atoms. The van der Waals surface area contributed by atoms with Crippen LogP contribution < -0.4 is 19.1 Å². The number of ether oxygens (including phenoxy) is 2. The Kier molecular flexibility index (Phi) is 8.05. The third-order valence-electron chi connectivity index (χ3n) is 4.56. The summed E-state index contributed by atoms with van der Waals surface area (Å²) in [6.45, 7) is 1.87. The molecule has 0 saturated carbocycles. The molecule has 2 aromatic carbocycles. The van der Waals surface area contributed by atoms with Crippen LogP contribution in [0.2, 0.25) is 0 Å². The van der Waals surface area contributed by atoms with Crippen LogP contribution in [0, 0.1) is 5.82 Å². The van der Waals surface area contributed by atoms with Crippen molar-refractivity contribution >= 4 is 21.6 Å². The summed E-state index contributed by atoms with van der Waals surface area (Å²) in [5.74, 6) is 0.359. The van der Waals surface area contributed by atoms with E-state index in [0.717, 1.165) is 28.3 Å². The molecular weight excluding hydrogens is 411 g/mol. The maximum Gasteiger partial charge on any atom is 0.243 e. The highest BCUT2D eigenvalue weighted by Crippen LogP contribution is 2.28. The number of halogens is 1. The van der Waals surface area contributed by atoms with Crippen LogP contribution in [-0.4, -0.2) is 47.4 Å². The van der Waals surface area contributed by atoms with Crippen molar-refractivity contribution in [2.45, 2.75) is 25.8 Å². The van der Waals surface area contributed by atoms with Crippen LogP contribution >= 0.6 is 0 Å². The van der Waals surface area contributed by atoms with Gasteiger partial charge in [0.2, 0.25) is 15.9 Å². The molecule has 1 amide bonds. The number of methoxy groups -OCH3 is 2. The Balaban J connectivity index is 1.96. The van der Waals surface area contributed by atoms with Crippen LogP contribution in [0.1, 0.15) is 18.9 Å². The number of rotatable bonds is 10. The van der Waals surface area contributed by atoms with E-state index in [1.165, 1.54) is 19.1 Å². The molecule has 0 aliphatic rings. The lowest BCUT2D eigenvalue weighted by Crippen LogP contribution is -2.48. The molecule has 30 heavy (non-hydrogen) atoms. The number of anilines is 1. The van der Waals surface area contributed by atoms with Gasteiger partial charge in [-0.2, -0.15) is 0 Å². The maximum absolute atomic E-state index is 13.2. The molecule has 7 nitrogen and oxygen atoms in total. The number of carbonyl (C=O) groups excluding carboxylic acids is 1. The lowest BCUT2D eigenvalue weighted by atomic mass is 10.1. The van der Waals surface area contributed by atoms with Crippen molar-refractivity contribution in [3.8, 4) is 11.5 Å². The zero-order valence-electron chi connectivity index (χ0n) is 17.5. The van der Waals surface area contributed by atoms with Crippen molar-refractivity contribution < 1.29 is 27.1 Å². The van der Waals surface area contributed by atoms with Crippen molar-refractivity contribution in [1.29, 1.82) is 0 Å². The highest BCUT2D eigenvalue weighted by Gasteiger charge is 2.28. The Bertz CT molecular complexity index is 964. The summed E-state index contributed by atoms with van der Waals surface area (Å²) in [6, 6.07) is 9.61. The van der Waals surface area contributed by atoms with Gasteiger partial charge in [0, 0.05) is 6.54 Å². The molecule has 0 unspecified atom stereocenters. The molecule has 0 fully saturated rings. The third kappa shape index (κ3) is 6.09. The Labute approximate surface area is 176 Å². The quantitative estimate of drug-likeness (QED) is 0.577. The first-order valence-electron chi connectivity index (χ1n) is 9.41. The van der Waals surface area contributed by atoms with Crippen LogP contribution in [0.4, 0.5) is 10.1 Å². The lowest BCUT2D eigenvalue weighted by molar-refractivity contribution is -0.121. The number of amides is 1. The van der Waals surface area contributed by atoms with Gasteiger partial charge in [-0.15, -0.1) is 0 Å². The summed E-state index contributed by atoms with van der Waals surface area (Å²) in [7, 11) is -0.602. The molecule has 0 aromatic heterocycles. The summed E-state index contributed by atoms with van der Waals surface area (Å²) in [4.78, 5) is 12.5. The van der Waals surface area contributed by atoms with Gasteiger partial charge in [-0.1, -0.05) is 6.07 Å². The van der Waals surface area contributed by atoms with Crippen molar-refractivity contribution in [2.75, 3.05) is 31.3 Å². The van der Waals surface area contributed by atoms with Crippen LogP contribution in [0.3, 0.4) is 0 Å². The minimum atomic E-state index is -3.74. The number of nitrogens with one attached hydrogen (secondary N) is 1. The average Bonchev–Trinajstić information content (AvgIpc) is 2.71. The van der Waals surface area contributed by atoms with Crippen molar-refractivity contribution in [3.05, 3.63) is 53.8 Å². The molecule has 0 aliphatic carbocycles. The van der Waals surface area contributed by atoms with E-state index in [2.05, 4.69) is 5.32 Å². The molecule has 0 bridgehead atoms. The van der Waals surface area contributed by atoms with E-state index in [1.54, 1.807) is 14.2 Å². The van der Waals surface area contributed by atoms with Gasteiger partial charge in [0.15, 0.2) is 11.5 Å². The standard InChI is InChI=1S/C21H27FN2O5S/c1-15(24(30(4,26)27)18-10-8-17(22)9-11-18)21(25)23-13-5-6-16-7-12-19(28-2)20(14-16)29-3/h7-12,14-15H,5-6,13H2,1-4H3,(H,23,25)/t15-/m1/s1. The molecular formula is C21H27FN2O5S. The molecule has 164 valence electrons. The number of hydrogen-bond donors (Lipinski definition) is 1. The largest absolute Gasteiger partial charge is 0.493 e. The number of sulfonamides is 1. The fourth-order valence-electron chi connectivity index (χ4n) is 3.08. The average molecular weight is 439 g/mol. The smallest absolute Gasteiger partial charge is 0.243 e. The van der Waals surface area contributed by atoms with Crippen LogP contribution in [0.5, 0.6) is 11.5 Å². The number of benzene rings is 2. The second kappa shape index (κ2) is 10.3. The Hall–Kier alpha value is -2.81. The molecule has 0 saturated heterocycles. The molecule has 1 atom stereocenters. The van der Waals surface area contributed by atoms with Crippen molar-refractivity contribution in [3.63, 3.8) is 0 Å². The van der Waals surface area contributed by atoms with E-state index in [4.69, 9.17) is 9.47 Å². The fraction of sp³-hybridized carbons (Fsp3) is 0.381. The van der Waals surface area contributed by atoms with Gasteiger partial charge in [0.25, 0.3) is 0 Å². The van der Waals surface area contributed by atoms with E-state index in [-0.39, 0.29) is 5.69 Å². The highest BCUT2D eigenvalue weighted by atomic mass is 32.2. The Morgan fingerprint density at radius 2 is 1.73 bits per heavy atom. The molecule has 0 heterocycles. The number of nitrogens with zero attached hydrogens (tertiary/aromatic N) is 1. The first kappa shape index (κ1) is 23.5. The van der Waals surface area contributed by atoms with Crippen LogP contribution in [0.25, 0.3) is 0 Å². The van der Waals surface area contributed by atoms with Gasteiger partial charge < -0.3 is 14.8 Å². The fourth-order valence-corrected chi connectivity index (χ4v) is 4.26. The molecule has 2 rings (SSSR count). The van der Waals surface area contributed by atoms with E-state index >= 15 is 0 Å². The predicted octanol–water partition coefficient (Wildman–Crippen LogP) is 2.75. The zero-order chi connectivity index (χ0) is 22.3. The van der Waals surface area contributed by atoms with Gasteiger partial charge in [-0.25, -0.2) is 12.8 Å². The van der Waals surface area contributed by atoms with E-state index in [0.29, 0.717) is 30.9 Å². The highest BCUT2D eigenvalue weighted by molar-refractivity contribution is 7.92. The number of aryl methyl sites for hydroxylation is 1. The van der Waals surface area contributed by atoms with Gasteiger partial charge in [-0.3, -0.25) is 9.10 Å². The molecule has 0 aliphatic heterocycles. The summed E-state index contributed by atoms with van der Waals surface area (Å²) in [6.07, 6.45) is 2.36. The minimum absolute atomic E-state index is 0.229. The van der Waals surface area contributed by atoms with E-state index < -0.39 is 27.8 Å². The maximum atomic E-state index is 13.2. The van der Waals surface area contributed by atoms with Gasteiger partial charge in [-0.05, 0) is 61.7 Å². The molecule has 1 N–H and O–H groups in total. The summed E-state index contributed by atoms with van der Waals surface area (Å²) in [5.41, 5.74) is 1.26. The summed E-state index contributed by atoms with van der Waals surface area (Å²) < 4.78 is 49.1. The summed E-state index contributed by atoms with van der Waals surface area (Å²) >= 11 is 0. The first-order chi connectivity index (χ1) is 14.2. The minimum Gasteiger partial charge on any atom is -0.493 e. The normalized spacial score (nSPS) is 12.2. The molecule has 2 aromatic rings. The summed E-state index contributed by atoms with van der Waals surface area (Å²) in [5, 5.41) is 2.76. The Morgan fingerprint density at radius 3 is 2.30 bits per heavy atom. The van der Waals surface area contributed by atoms with E-state index in [1.807, 2.05) is 18.2 Å². The van der Waals surface area contributed by atoms with Crippen molar-refractivity contribution in [1.82, 2.24) is 5.32 Å². The predicted molar refractivity (Wildman–Crippen MR) is 114 cm³/mol.